The second kappa shape index (κ2) is 8.04. The van der Waals surface area contributed by atoms with E-state index >= 15 is 0 Å². The van der Waals surface area contributed by atoms with Gasteiger partial charge < -0.3 is 25.0 Å². The second-order valence-corrected chi connectivity index (χ2v) is 6.12. The minimum atomic E-state index is -0.855. The van der Waals surface area contributed by atoms with Crippen molar-refractivity contribution in [3.63, 3.8) is 0 Å². The molecule has 1 saturated heterocycles. The zero-order valence-electron chi connectivity index (χ0n) is 15.6. The van der Waals surface area contributed by atoms with Gasteiger partial charge in [-0.25, -0.2) is 0 Å². The van der Waals surface area contributed by atoms with Gasteiger partial charge in [0.2, 0.25) is 0 Å². The number of amides is 1. The maximum Gasteiger partial charge on any atom is 0.293 e. The van der Waals surface area contributed by atoms with Crippen molar-refractivity contribution in [2.45, 2.75) is 19.9 Å². The van der Waals surface area contributed by atoms with Crippen molar-refractivity contribution in [1.29, 1.82) is 0 Å². The van der Waals surface area contributed by atoms with Crippen molar-refractivity contribution in [2.24, 2.45) is 0 Å². The zero-order valence-corrected chi connectivity index (χ0v) is 15.6. The lowest BCUT2D eigenvalue weighted by atomic mass is 9.95. The van der Waals surface area contributed by atoms with Gasteiger partial charge in [-0.05, 0) is 55.8 Å². The summed E-state index contributed by atoms with van der Waals surface area (Å²) in [7, 11) is 0. The first-order valence-corrected chi connectivity index (χ1v) is 8.93. The number of hydrogen-bond donors (Lipinski definition) is 3. The summed E-state index contributed by atoms with van der Waals surface area (Å²) in [5.41, 5.74) is 0.840. The molecule has 1 atom stereocenters. The minimum Gasteiger partial charge on any atom is -0.507 e. The fourth-order valence-corrected chi connectivity index (χ4v) is 3.03. The lowest BCUT2D eigenvalue weighted by Gasteiger charge is -2.16. The Balaban J connectivity index is 2.04. The number of carbonyl (C=O) groups excluding carboxylic acids is 2. The molecule has 2 aromatic rings. The van der Waals surface area contributed by atoms with Gasteiger partial charge in [-0.2, -0.15) is 0 Å². The molecule has 0 saturated carbocycles. The highest BCUT2D eigenvalue weighted by Gasteiger charge is 2.39. The van der Waals surface area contributed by atoms with E-state index in [4.69, 9.17) is 9.47 Å². The molecule has 0 radical (unpaired) electrons. The predicted molar refractivity (Wildman–Crippen MR) is 102 cm³/mol. The quantitative estimate of drug-likeness (QED) is 0.402. The molecule has 1 amide bonds. The SMILES string of the molecule is CCOc1ccc(/C(O)=C2/C(=O)C(=O)NC2c2ccc(O)c(OCC)c2)cc1. The van der Waals surface area contributed by atoms with Crippen LogP contribution in [0.1, 0.15) is 31.0 Å². The van der Waals surface area contributed by atoms with E-state index in [-0.39, 0.29) is 22.8 Å². The fraction of sp³-hybridized carbons (Fsp3) is 0.238. The van der Waals surface area contributed by atoms with E-state index in [1.807, 2.05) is 6.92 Å². The third kappa shape index (κ3) is 3.64. The Morgan fingerprint density at radius 3 is 2.36 bits per heavy atom. The van der Waals surface area contributed by atoms with Crippen LogP contribution in [-0.4, -0.2) is 35.1 Å². The van der Waals surface area contributed by atoms with E-state index in [0.29, 0.717) is 30.1 Å². The summed E-state index contributed by atoms with van der Waals surface area (Å²) >= 11 is 0. The van der Waals surface area contributed by atoms with E-state index in [1.165, 1.54) is 12.1 Å². The topological polar surface area (TPSA) is 105 Å². The summed E-state index contributed by atoms with van der Waals surface area (Å²) in [5, 5.41) is 23.2. The number of hydrogen-bond acceptors (Lipinski definition) is 6. The molecule has 146 valence electrons. The monoisotopic (exact) mass is 383 g/mol. The Labute approximate surface area is 162 Å². The van der Waals surface area contributed by atoms with Gasteiger partial charge in [-0.15, -0.1) is 0 Å². The van der Waals surface area contributed by atoms with Gasteiger partial charge in [-0.3, -0.25) is 9.59 Å². The largest absolute Gasteiger partial charge is 0.507 e. The normalized spacial score (nSPS) is 18.0. The average Bonchev–Trinajstić information content (AvgIpc) is 2.99. The molecule has 0 bridgehead atoms. The number of ether oxygens (including phenoxy) is 2. The van der Waals surface area contributed by atoms with E-state index in [2.05, 4.69) is 5.32 Å². The van der Waals surface area contributed by atoms with Crippen molar-refractivity contribution >= 4 is 17.4 Å². The Bertz CT molecular complexity index is 932. The number of carbonyl (C=O) groups is 2. The molecule has 7 nitrogen and oxygen atoms in total. The number of benzene rings is 2. The van der Waals surface area contributed by atoms with Crippen molar-refractivity contribution < 1.29 is 29.3 Å². The number of phenols is 1. The first-order chi connectivity index (χ1) is 13.5. The van der Waals surface area contributed by atoms with Gasteiger partial charge in [0.1, 0.15) is 11.5 Å². The molecule has 3 rings (SSSR count). The highest BCUT2D eigenvalue weighted by Crippen LogP contribution is 2.37. The highest BCUT2D eigenvalue weighted by atomic mass is 16.5. The maximum absolute atomic E-state index is 12.4. The summed E-state index contributed by atoms with van der Waals surface area (Å²) in [6.45, 7) is 4.48. The van der Waals surface area contributed by atoms with Gasteiger partial charge in [0.25, 0.3) is 11.7 Å². The molecule has 1 fully saturated rings. The van der Waals surface area contributed by atoms with E-state index in [1.54, 1.807) is 37.3 Å². The number of ketones is 1. The lowest BCUT2D eigenvalue weighted by molar-refractivity contribution is -0.133. The van der Waals surface area contributed by atoms with E-state index in [0.717, 1.165) is 0 Å². The average molecular weight is 383 g/mol. The summed E-state index contributed by atoms with van der Waals surface area (Å²) in [6, 6.07) is 10.2. The van der Waals surface area contributed by atoms with Crippen LogP contribution in [0.3, 0.4) is 0 Å². The van der Waals surface area contributed by atoms with E-state index in [9.17, 15) is 19.8 Å². The van der Waals surface area contributed by atoms with Crippen molar-refractivity contribution in [2.75, 3.05) is 13.2 Å². The molecular formula is C21H21NO6. The molecule has 1 aliphatic rings. The van der Waals surface area contributed by atoms with Crippen LogP contribution in [0.5, 0.6) is 17.2 Å². The van der Waals surface area contributed by atoms with Crippen molar-refractivity contribution in [3.8, 4) is 17.2 Å². The summed E-state index contributed by atoms with van der Waals surface area (Å²) in [5.74, 6) is -1.09. The summed E-state index contributed by atoms with van der Waals surface area (Å²) in [6.07, 6.45) is 0. The predicted octanol–water partition coefficient (Wildman–Crippen LogP) is 2.90. The number of aliphatic hydroxyl groups excluding tert-OH is 1. The van der Waals surface area contributed by atoms with Gasteiger partial charge in [0.05, 0.1) is 24.8 Å². The first-order valence-electron chi connectivity index (χ1n) is 8.93. The molecule has 0 aromatic heterocycles. The Hall–Kier alpha value is -3.48. The number of nitrogens with one attached hydrogen (secondary N) is 1. The van der Waals surface area contributed by atoms with Gasteiger partial charge in [0.15, 0.2) is 11.5 Å². The smallest absolute Gasteiger partial charge is 0.293 e. The Morgan fingerprint density at radius 2 is 1.71 bits per heavy atom. The van der Waals surface area contributed by atoms with Crippen LogP contribution in [-0.2, 0) is 9.59 Å². The van der Waals surface area contributed by atoms with E-state index < -0.39 is 17.7 Å². The van der Waals surface area contributed by atoms with Gasteiger partial charge >= 0.3 is 0 Å². The highest BCUT2D eigenvalue weighted by molar-refractivity contribution is 6.46. The number of phenolic OH excluding ortho intramolecular Hbond substituents is 1. The molecule has 0 aliphatic carbocycles. The molecule has 28 heavy (non-hydrogen) atoms. The van der Waals surface area contributed by atoms with Gasteiger partial charge in [0, 0.05) is 5.56 Å². The standard InChI is InChI=1S/C21H21NO6/c1-3-27-14-8-5-12(6-9-14)19(24)17-18(22-21(26)20(17)25)13-7-10-15(23)16(11-13)28-4-2/h5-11,18,23-24H,3-4H2,1-2H3,(H,22,26)/b19-17-. The molecule has 7 heteroatoms. The minimum absolute atomic E-state index is 0.0532. The zero-order chi connectivity index (χ0) is 20.3. The lowest BCUT2D eigenvalue weighted by Crippen LogP contribution is -2.21. The second-order valence-electron chi connectivity index (χ2n) is 6.12. The van der Waals surface area contributed by atoms with Crippen LogP contribution in [0.15, 0.2) is 48.0 Å². The van der Waals surface area contributed by atoms with Crippen LogP contribution in [0.4, 0.5) is 0 Å². The Kier molecular flexibility index (Phi) is 5.54. The molecule has 1 heterocycles. The number of aliphatic hydroxyl groups is 1. The van der Waals surface area contributed by atoms with Crippen LogP contribution in [0, 0.1) is 0 Å². The maximum atomic E-state index is 12.4. The molecular weight excluding hydrogens is 362 g/mol. The Morgan fingerprint density at radius 1 is 1.04 bits per heavy atom. The third-order valence-electron chi connectivity index (χ3n) is 4.33. The third-order valence-corrected chi connectivity index (χ3v) is 4.33. The van der Waals surface area contributed by atoms with Crippen LogP contribution in [0.25, 0.3) is 5.76 Å². The van der Waals surface area contributed by atoms with Crippen LogP contribution < -0.4 is 14.8 Å². The number of rotatable bonds is 6. The molecule has 0 spiro atoms. The summed E-state index contributed by atoms with van der Waals surface area (Å²) in [4.78, 5) is 24.4. The molecule has 1 aliphatic heterocycles. The van der Waals surface area contributed by atoms with Crippen LogP contribution >= 0.6 is 0 Å². The molecule has 3 N–H and O–H groups in total. The van der Waals surface area contributed by atoms with Crippen molar-refractivity contribution in [1.82, 2.24) is 5.32 Å². The van der Waals surface area contributed by atoms with Gasteiger partial charge in [-0.1, -0.05) is 6.07 Å². The van der Waals surface area contributed by atoms with Crippen molar-refractivity contribution in [3.05, 3.63) is 59.2 Å². The number of Topliss-reactive ketones (excluding diaryl/α,β-unsaturated/α-hetero) is 1. The fourth-order valence-electron chi connectivity index (χ4n) is 3.03. The molecule has 2 aromatic carbocycles. The summed E-state index contributed by atoms with van der Waals surface area (Å²) < 4.78 is 10.7. The first kappa shape index (κ1) is 19.3. The van der Waals surface area contributed by atoms with Crippen LogP contribution in [0.2, 0.25) is 0 Å². The number of aromatic hydroxyl groups is 1. The molecule has 1 unspecified atom stereocenters.